The van der Waals surface area contributed by atoms with E-state index in [1.807, 2.05) is 19.1 Å². The van der Waals surface area contributed by atoms with Crippen molar-refractivity contribution in [3.63, 3.8) is 0 Å². The lowest BCUT2D eigenvalue weighted by atomic mass is 10.1. The molecule has 2 N–H and O–H groups in total. The van der Waals surface area contributed by atoms with Gasteiger partial charge >= 0.3 is 6.18 Å². The van der Waals surface area contributed by atoms with Gasteiger partial charge < -0.3 is 10.3 Å². The third-order valence-electron chi connectivity index (χ3n) is 4.09. The average Bonchev–Trinajstić information content (AvgIpc) is 2.62. The van der Waals surface area contributed by atoms with Crippen LogP contribution < -0.4 is 10.7 Å². The zero-order valence-electron chi connectivity index (χ0n) is 14.9. The minimum Gasteiger partial charge on any atom is -0.357 e. The number of benzene rings is 2. The topological polar surface area (TPSA) is 62.0 Å². The molecule has 0 atom stereocenters. The number of rotatable bonds is 5. The van der Waals surface area contributed by atoms with Gasteiger partial charge in [-0.3, -0.25) is 9.59 Å². The molecule has 0 aliphatic carbocycles. The predicted molar refractivity (Wildman–Crippen MR) is 106 cm³/mol. The van der Waals surface area contributed by atoms with Crippen molar-refractivity contribution in [3.8, 4) is 0 Å². The van der Waals surface area contributed by atoms with Crippen LogP contribution in [0.25, 0.3) is 10.9 Å². The Morgan fingerprint density at radius 3 is 2.64 bits per heavy atom. The Labute approximate surface area is 163 Å². The zero-order valence-corrected chi connectivity index (χ0v) is 15.7. The summed E-state index contributed by atoms with van der Waals surface area (Å²) in [6.07, 6.45) is -4.46. The van der Waals surface area contributed by atoms with E-state index in [9.17, 15) is 22.8 Å². The van der Waals surface area contributed by atoms with E-state index in [4.69, 9.17) is 0 Å². The maximum atomic E-state index is 12.7. The van der Waals surface area contributed by atoms with Crippen molar-refractivity contribution in [2.75, 3.05) is 11.1 Å². The maximum absolute atomic E-state index is 12.7. The van der Waals surface area contributed by atoms with Crippen LogP contribution >= 0.6 is 11.8 Å². The lowest BCUT2D eigenvalue weighted by molar-refractivity contribution is -0.137. The number of H-pyrrole nitrogens is 1. The number of alkyl halides is 3. The van der Waals surface area contributed by atoms with Crippen LogP contribution in [0.5, 0.6) is 0 Å². The minimum atomic E-state index is -4.46. The van der Waals surface area contributed by atoms with Crippen molar-refractivity contribution in [2.45, 2.75) is 18.9 Å². The van der Waals surface area contributed by atoms with Crippen molar-refractivity contribution in [1.82, 2.24) is 4.98 Å². The number of pyridine rings is 1. The third kappa shape index (κ3) is 4.75. The lowest BCUT2D eigenvalue weighted by Gasteiger charge is -2.10. The van der Waals surface area contributed by atoms with Crippen LogP contribution in [-0.4, -0.2) is 16.6 Å². The van der Waals surface area contributed by atoms with E-state index in [2.05, 4.69) is 10.3 Å². The number of carbonyl (C=O) groups excluding carboxylic acids is 1. The number of carbonyl (C=O) groups is 1. The molecule has 4 nitrogen and oxygen atoms in total. The van der Waals surface area contributed by atoms with Crippen LogP contribution in [0.4, 0.5) is 18.9 Å². The Morgan fingerprint density at radius 1 is 1.14 bits per heavy atom. The van der Waals surface area contributed by atoms with Gasteiger partial charge in [-0.15, -0.1) is 11.8 Å². The van der Waals surface area contributed by atoms with E-state index in [-0.39, 0.29) is 16.9 Å². The highest BCUT2D eigenvalue weighted by Gasteiger charge is 2.30. The monoisotopic (exact) mass is 406 g/mol. The molecule has 28 heavy (non-hydrogen) atoms. The summed E-state index contributed by atoms with van der Waals surface area (Å²) in [6.45, 7) is 1.90. The third-order valence-corrected chi connectivity index (χ3v) is 5.07. The fourth-order valence-electron chi connectivity index (χ4n) is 2.77. The highest BCUT2D eigenvalue weighted by molar-refractivity contribution is 7.99. The number of thioether (sulfide) groups is 1. The second-order valence-corrected chi connectivity index (χ2v) is 7.26. The quantitative estimate of drug-likeness (QED) is 0.644. The van der Waals surface area contributed by atoms with Crippen LogP contribution in [-0.2, 0) is 16.7 Å². The summed E-state index contributed by atoms with van der Waals surface area (Å²) in [6, 6.07) is 11.5. The Kier molecular flexibility index (Phi) is 5.79. The van der Waals surface area contributed by atoms with Crippen LogP contribution in [0.15, 0.2) is 53.3 Å². The summed E-state index contributed by atoms with van der Waals surface area (Å²) >= 11 is 1.26. The van der Waals surface area contributed by atoms with Gasteiger partial charge in [0.15, 0.2) is 5.43 Å². The smallest absolute Gasteiger partial charge is 0.357 e. The molecule has 2 aromatic carbocycles. The van der Waals surface area contributed by atoms with Gasteiger partial charge in [0.2, 0.25) is 5.91 Å². The van der Waals surface area contributed by atoms with Crippen molar-refractivity contribution in [1.29, 1.82) is 0 Å². The first-order chi connectivity index (χ1) is 13.2. The lowest BCUT2D eigenvalue weighted by Crippen LogP contribution is -2.15. The van der Waals surface area contributed by atoms with Gasteiger partial charge in [-0.1, -0.05) is 18.2 Å². The van der Waals surface area contributed by atoms with Crippen molar-refractivity contribution in [3.05, 3.63) is 75.6 Å². The molecule has 0 aliphatic rings. The highest BCUT2D eigenvalue weighted by atomic mass is 32.2. The largest absolute Gasteiger partial charge is 0.416 e. The molecule has 3 aromatic rings. The number of hydrogen-bond donors (Lipinski definition) is 2. The van der Waals surface area contributed by atoms with E-state index in [0.29, 0.717) is 16.8 Å². The molecular formula is C20H17F3N2O2S. The van der Waals surface area contributed by atoms with Crippen molar-refractivity contribution < 1.29 is 18.0 Å². The fourth-order valence-corrected chi connectivity index (χ4v) is 3.51. The number of aromatic amines is 1. The molecule has 0 aliphatic heterocycles. The molecule has 0 radical (unpaired) electrons. The van der Waals surface area contributed by atoms with Crippen LogP contribution in [0.1, 0.15) is 16.8 Å². The molecule has 1 aromatic heterocycles. The summed E-state index contributed by atoms with van der Waals surface area (Å²) < 4.78 is 38.2. The predicted octanol–water partition coefficient (Wildman–Crippen LogP) is 4.73. The van der Waals surface area contributed by atoms with E-state index in [0.717, 1.165) is 23.2 Å². The molecule has 0 fully saturated rings. The second kappa shape index (κ2) is 8.10. The first-order valence-corrected chi connectivity index (χ1v) is 9.56. The number of para-hydroxylation sites is 1. The summed E-state index contributed by atoms with van der Waals surface area (Å²) in [4.78, 5) is 27.4. The summed E-state index contributed by atoms with van der Waals surface area (Å²) in [5.41, 5.74) is 1.57. The number of nitrogens with one attached hydrogen (secondary N) is 2. The van der Waals surface area contributed by atoms with Crippen LogP contribution in [0.3, 0.4) is 0 Å². The summed E-state index contributed by atoms with van der Waals surface area (Å²) in [7, 11) is 0. The first kappa shape index (κ1) is 20.0. The molecule has 0 saturated carbocycles. The highest BCUT2D eigenvalue weighted by Crippen LogP contribution is 2.30. The van der Waals surface area contributed by atoms with Gasteiger partial charge in [0.25, 0.3) is 0 Å². The number of anilines is 1. The number of aryl methyl sites for hydroxylation is 1. The molecular weight excluding hydrogens is 389 g/mol. The van der Waals surface area contributed by atoms with E-state index in [1.54, 1.807) is 6.07 Å². The average molecular weight is 406 g/mol. The Hall–Kier alpha value is -2.74. The van der Waals surface area contributed by atoms with Gasteiger partial charge in [-0.05, 0) is 36.8 Å². The Morgan fingerprint density at radius 2 is 1.89 bits per heavy atom. The van der Waals surface area contributed by atoms with Crippen LogP contribution in [0, 0.1) is 6.92 Å². The second-order valence-electron chi connectivity index (χ2n) is 6.28. The molecule has 0 spiro atoms. The summed E-state index contributed by atoms with van der Waals surface area (Å²) in [5, 5.41) is 3.07. The zero-order chi connectivity index (χ0) is 20.3. The molecule has 0 bridgehead atoms. The maximum Gasteiger partial charge on any atom is 0.416 e. The number of hydrogen-bond acceptors (Lipinski definition) is 3. The van der Waals surface area contributed by atoms with Gasteiger partial charge in [0.05, 0.1) is 16.8 Å². The number of amides is 1. The van der Waals surface area contributed by atoms with Gasteiger partial charge in [0, 0.05) is 28.6 Å². The Balaban J connectivity index is 1.61. The standard InChI is InChI=1S/C20H17F3N2O2S/c1-12-4-2-7-16-17(26)9-15(25-19(12)16)10-28-11-18(27)24-14-6-3-5-13(8-14)20(21,22)23/h2-9H,10-11H2,1H3,(H,24,27)(H,25,26). The van der Waals surface area contributed by atoms with Crippen molar-refractivity contribution >= 4 is 34.3 Å². The minimum absolute atomic E-state index is 0.0457. The van der Waals surface area contributed by atoms with E-state index in [1.165, 1.54) is 30.0 Å². The molecule has 1 heterocycles. The summed E-state index contributed by atoms with van der Waals surface area (Å²) in [5.74, 6) is 0.0308. The van der Waals surface area contributed by atoms with Gasteiger partial charge in [0.1, 0.15) is 0 Å². The SMILES string of the molecule is Cc1cccc2c(=O)cc(CSCC(=O)Nc3cccc(C(F)(F)F)c3)[nH]c12. The fraction of sp³-hybridized carbons (Fsp3) is 0.200. The van der Waals surface area contributed by atoms with Crippen molar-refractivity contribution in [2.24, 2.45) is 0 Å². The number of fused-ring (bicyclic) bond motifs is 1. The number of aromatic nitrogens is 1. The van der Waals surface area contributed by atoms with Crippen LogP contribution in [0.2, 0.25) is 0 Å². The molecule has 146 valence electrons. The van der Waals surface area contributed by atoms with Gasteiger partial charge in [-0.25, -0.2) is 0 Å². The molecule has 0 saturated heterocycles. The molecule has 3 rings (SSSR count). The molecule has 1 amide bonds. The van der Waals surface area contributed by atoms with E-state index < -0.39 is 17.6 Å². The first-order valence-electron chi connectivity index (χ1n) is 8.40. The number of halogens is 3. The Bertz CT molecular complexity index is 1080. The van der Waals surface area contributed by atoms with Gasteiger partial charge in [-0.2, -0.15) is 13.2 Å². The molecule has 0 unspecified atom stereocenters. The van der Waals surface area contributed by atoms with E-state index >= 15 is 0 Å². The normalized spacial score (nSPS) is 11.6. The molecule has 8 heteroatoms.